The SMILES string of the molecule is CC[C@@H](CC[C@@H](C)[C@H]1CC[C@H]2[C@@H]3C(O)C=C4CC(O)CC[C@]4(C)[C@H]3CC[C@]12C)C(C)C. The fraction of sp³-hybridized carbons (Fsp3) is 0.931. The minimum absolute atomic E-state index is 0.202. The molecule has 0 heterocycles. The van der Waals surface area contributed by atoms with Gasteiger partial charge in [-0.15, -0.1) is 0 Å². The molecule has 10 atom stereocenters. The van der Waals surface area contributed by atoms with Gasteiger partial charge in [-0.1, -0.05) is 66.0 Å². The smallest absolute Gasteiger partial charge is 0.0757 e. The van der Waals surface area contributed by atoms with Gasteiger partial charge in [0, 0.05) is 0 Å². The zero-order valence-electron chi connectivity index (χ0n) is 21.2. The van der Waals surface area contributed by atoms with Crippen LogP contribution in [0.15, 0.2) is 11.6 Å². The van der Waals surface area contributed by atoms with Gasteiger partial charge in [-0.05, 0) is 104 Å². The van der Waals surface area contributed by atoms with E-state index in [0.717, 1.165) is 42.9 Å². The Morgan fingerprint density at radius 2 is 1.71 bits per heavy atom. The van der Waals surface area contributed by atoms with Crippen LogP contribution in [0.3, 0.4) is 0 Å². The van der Waals surface area contributed by atoms with Crippen LogP contribution < -0.4 is 0 Å². The van der Waals surface area contributed by atoms with Crippen LogP contribution in [0.1, 0.15) is 106 Å². The molecule has 4 rings (SSSR count). The molecular weight excluding hydrogens is 380 g/mol. The zero-order chi connectivity index (χ0) is 22.6. The van der Waals surface area contributed by atoms with Crippen LogP contribution in [-0.2, 0) is 0 Å². The third-order valence-corrected chi connectivity index (χ3v) is 11.3. The molecule has 0 amide bonds. The van der Waals surface area contributed by atoms with Crippen LogP contribution in [0.2, 0.25) is 0 Å². The Morgan fingerprint density at radius 3 is 2.39 bits per heavy atom. The molecule has 2 heteroatoms. The van der Waals surface area contributed by atoms with E-state index in [2.05, 4.69) is 47.6 Å². The number of aliphatic hydroxyl groups is 2. The Kier molecular flexibility index (Phi) is 6.75. The van der Waals surface area contributed by atoms with Gasteiger partial charge < -0.3 is 10.2 Å². The van der Waals surface area contributed by atoms with Crippen molar-refractivity contribution in [3.8, 4) is 0 Å². The molecule has 0 bridgehead atoms. The van der Waals surface area contributed by atoms with Gasteiger partial charge in [0.2, 0.25) is 0 Å². The Hall–Kier alpha value is -0.340. The molecule has 2 nitrogen and oxygen atoms in total. The zero-order valence-corrected chi connectivity index (χ0v) is 21.2. The van der Waals surface area contributed by atoms with E-state index in [1.54, 1.807) is 0 Å². The largest absolute Gasteiger partial charge is 0.393 e. The van der Waals surface area contributed by atoms with Gasteiger partial charge >= 0.3 is 0 Å². The highest BCUT2D eigenvalue weighted by Crippen LogP contribution is 2.67. The van der Waals surface area contributed by atoms with Crippen LogP contribution in [0.5, 0.6) is 0 Å². The summed E-state index contributed by atoms with van der Waals surface area (Å²) in [4.78, 5) is 0. The average Bonchev–Trinajstić information content (AvgIpc) is 3.06. The number of fused-ring (bicyclic) bond motifs is 5. The highest BCUT2D eigenvalue weighted by Gasteiger charge is 2.61. The summed E-state index contributed by atoms with van der Waals surface area (Å²) in [5.74, 6) is 4.99. The molecule has 3 saturated carbocycles. The molecule has 3 fully saturated rings. The maximum atomic E-state index is 11.3. The summed E-state index contributed by atoms with van der Waals surface area (Å²) in [6.07, 6.45) is 13.9. The number of aliphatic hydroxyl groups excluding tert-OH is 2. The van der Waals surface area contributed by atoms with Crippen molar-refractivity contribution in [2.45, 2.75) is 118 Å². The van der Waals surface area contributed by atoms with Crippen molar-refractivity contribution in [3.63, 3.8) is 0 Å². The summed E-state index contributed by atoms with van der Waals surface area (Å²) >= 11 is 0. The van der Waals surface area contributed by atoms with Gasteiger partial charge in [-0.3, -0.25) is 0 Å². The molecule has 0 saturated heterocycles. The number of rotatable bonds is 6. The minimum atomic E-state index is -0.303. The standard InChI is InChI=1S/C29H50O2/c1-7-20(18(2)3)9-8-19(4)23-10-11-24-27-25(13-15-29(23,24)6)28(5)14-12-22(30)16-21(28)17-26(27)31/h17-20,22-27,30-31H,7-16H2,1-6H3/t19-,20+,22?,23-,24+,25+,26?,27+,28+,29-/m1/s1. The normalized spacial score (nSPS) is 46.7. The highest BCUT2D eigenvalue weighted by molar-refractivity contribution is 5.27. The van der Waals surface area contributed by atoms with E-state index in [1.165, 1.54) is 50.5 Å². The predicted octanol–water partition coefficient (Wildman–Crippen LogP) is 7.00. The second-order valence-electron chi connectivity index (χ2n) is 13.0. The quantitative estimate of drug-likeness (QED) is 0.446. The molecule has 0 aromatic heterocycles. The molecule has 0 aromatic carbocycles. The van der Waals surface area contributed by atoms with Crippen molar-refractivity contribution in [2.24, 2.45) is 52.3 Å². The van der Waals surface area contributed by atoms with Crippen molar-refractivity contribution in [1.82, 2.24) is 0 Å². The highest BCUT2D eigenvalue weighted by atomic mass is 16.3. The number of hydrogen-bond acceptors (Lipinski definition) is 2. The van der Waals surface area contributed by atoms with Crippen molar-refractivity contribution >= 4 is 0 Å². The van der Waals surface area contributed by atoms with Gasteiger partial charge in [0.15, 0.2) is 0 Å². The first-order valence-corrected chi connectivity index (χ1v) is 13.7. The van der Waals surface area contributed by atoms with E-state index in [1.807, 2.05) is 0 Å². The first-order valence-electron chi connectivity index (χ1n) is 13.7. The lowest BCUT2D eigenvalue weighted by Gasteiger charge is -2.59. The summed E-state index contributed by atoms with van der Waals surface area (Å²) < 4.78 is 0. The van der Waals surface area contributed by atoms with E-state index in [9.17, 15) is 10.2 Å². The van der Waals surface area contributed by atoms with Gasteiger partial charge in [0.05, 0.1) is 12.2 Å². The second-order valence-corrected chi connectivity index (χ2v) is 13.0. The molecule has 4 aliphatic carbocycles. The van der Waals surface area contributed by atoms with Crippen molar-refractivity contribution in [3.05, 3.63) is 11.6 Å². The van der Waals surface area contributed by atoms with Crippen LogP contribution in [0, 0.1) is 52.3 Å². The summed E-state index contributed by atoms with van der Waals surface area (Å²) in [7, 11) is 0. The molecule has 0 aliphatic heterocycles. The Balaban J connectivity index is 1.52. The molecule has 178 valence electrons. The molecular formula is C29H50O2. The van der Waals surface area contributed by atoms with Gasteiger partial charge in [0.25, 0.3) is 0 Å². The first kappa shape index (κ1) is 23.8. The molecule has 2 N–H and O–H groups in total. The van der Waals surface area contributed by atoms with E-state index in [4.69, 9.17) is 0 Å². The summed E-state index contributed by atoms with van der Waals surface area (Å²) in [6, 6.07) is 0. The van der Waals surface area contributed by atoms with Crippen molar-refractivity contribution < 1.29 is 10.2 Å². The maximum Gasteiger partial charge on any atom is 0.0757 e. The molecule has 2 unspecified atom stereocenters. The third-order valence-electron chi connectivity index (χ3n) is 11.3. The van der Waals surface area contributed by atoms with E-state index in [-0.39, 0.29) is 17.6 Å². The van der Waals surface area contributed by atoms with Gasteiger partial charge in [-0.2, -0.15) is 0 Å². The second kappa shape index (κ2) is 8.79. The summed E-state index contributed by atoms with van der Waals surface area (Å²) in [5.41, 5.74) is 1.97. The molecule has 0 radical (unpaired) electrons. The van der Waals surface area contributed by atoms with Gasteiger partial charge in [0.1, 0.15) is 0 Å². The Bertz CT molecular complexity index is 668. The lowest BCUT2D eigenvalue weighted by atomic mass is 9.46. The molecule has 31 heavy (non-hydrogen) atoms. The van der Waals surface area contributed by atoms with Crippen LogP contribution in [-0.4, -0.2) is 22.4 Å². The number of hydrogen-bond donors (Lipinski definition) is 2. The Labute approximate surface area is 192 Å². The summed E-state index contributed by atoms with van der Waals surface area (Å²) in [6.45, 7) is 14.7. The Morgan fingerprint density at radius 1 is 0.968 bits per heavy atom. The van der Waals surface area contributed by atoms with Crippen molar-refractivity contribution in [1.29, 1.82) is 0 Å². The fourth-order valence-corrected chi connectivity index (χ4v) is 9.29. The van der Waals surface area contributed by atoms with E-state index >= 15 is 0 Å². The van der Waals surface area contributed by atoms with E-state index in [0.29, 0.717) is 23.2 Å². The van der Waals surface area contributed by atoms with Crippen LogP contribution >= 0.6 is 0 Å². The lowest BCUT2D eigenvalue weighted by Crippen LogP contribution is -2.54. The predicted molar refractivity (Wildman–Crippen MR) is 130 cm³/mol. The van der Waals surface area contributed by atoms with Crippen molar-refractivity contribution in [2.75, 3.05) is 0 Å². The van der Waals surface area contributed by atoms with Gasteiger partial charge in [-0.25, -0.2) is 0 Å². The third kappa shape index (κ3) is 3.96. The summed E-state index contributed by atoms with van der Waals surface area (Å²) in [5, 5.41) is 21.6. The van der Waals surface area contributed by atoms with Crippen LogP contribution in [0.4, 0.5) is 0 Å². The van der Waals surface area contributed by atoms with E-state index < -0.39 is 0 Å². The molecule has 0 spiro atoms. The molecule has 4 aliphatic rings. The lowest BCUT2D eigenvalue weighted by molar-refractivity contribution is -0.0972. The first-order chi connectivity index (χ1) is 14.6. The maximum absolute atomic E-state index is 11.3. The minimum Gasteiger partial charge on any atom is -0.393 e. The topological polar surface area (TPSA) is 40.5 Å². The fourth-order valence-electron chi connectivity index (χ4n) is 9.29. The average molecular weight is 431 g/mol. The monoisotopic (exact) mass is 430 g/mol. The van der Waals surface area contributed by atoms with Crippen LogP contribution in [0.25, 0.3) is 0 Å². The molecule has 0 aromatic rings.